The highest BCUT2D eigenvalue weighted by Crippen LogP contribution is 2.27. The van der Waals surface area contributed by atoms with E-state index in [0.717, 1.165) is 22.8 Å². The highest BCUT2D eigenvalue weighted by Gasteiger charge is 2.21. The fourth-order valence-electron chi connectivity index (χ4n) is 2.47. The first-order valence-electron chi connectivity index (χ1n) is 7.26. The van der Waals surface area contributed by atoms with E-state index in [1.165, 1.54) is 18.9 Å². The Kier molecular flexibility index (Phi) is 4.22. The predicted molar refractivity (Wildman–Crippen MR) is 85.2 cm³/mol. The van der Waals surface area contributed by atoms with Crippen LogP contribution in [0.15, 0.2) is 23.6 Å². The summed E-state index contributed by atoms with van der Waals surface area (Å²) in [5.74, 6) is -0.167. The Hall–Kier alpha value is -1.46. The molecule has 21 heavy (non-hydrogen) atoms. The van der Waals surface area contributed by atoms with Crippen molar-refractivity contribution < 1.29 is 4.39 Å². The molecule has 0 bridgehead atoms. The van der Waals surface area contributed by atoms with Gasteiger partial charge < -0.3 is 10.2 Å². The van der Waals surface area contributed by atoms with E-state index in [1.54, 1.807) is 17.4 Å². The van der Waals surface area contributed by atoms with Gasteiger partial charge in [-0.2, -0.15) is 0 Å². The number of anilines is 1. The van der Waals surface area contributed by atoms with Gasteiger partial charge in [-0.05, 0) is 31.4 Å². The molecule has 112 valence electrons. The maximum absolute atomic E-state index is 14.3. The van der Waals surface area contributed by atoms with Crippen LogP contribution in [0.25, 0.3) is 0 Å². The second-order valence-electron chi connectivity index (χ2n) is 5.62. The van der Waals surface area contributed by atoms with Crippen LogP contribution < -0.4 is 10.2 Å². The third kappa shape index (κ3) is 3.60. The van der Waals surface area contributed by atoms with Crippen molar-refractivity contribution in [3.63, 3.8) is 0 Å². The van der Waals surface area contributed by atoms with Gasteiger partial charge in [-0.3, -0.25) is 0 Å². The zero-order chi connectivity index (χ0) is 14.8. The van der Waals surface area contributed by atoms with E-state index in [9.17, 15) is 4.39 Å². The predicted octanol–water partition coefficient (Wildman–Crippen LogP) is 3.48. The Labute approximate surface area is 128 Å². The SMILES string of the molecule is Cc1nc(CN(C)c2c(F)cccc2CNC2CC2)cs1. The summed E-state index contributed by atoms with van der Waals surface area (Å²) in [6.45, 7) is 3.34. The lowest BCUT2D eigenvalue weighted by Crippen LogP contribution is -2.23. The van der Waals surface area contributed by atoms with E-state index in [2.05, 4.69) is 10.3 Å². The van der Waals surface area contributed by atoms with Crippen LogP contribution in [0.2, 0.25) is 0 Å². The van der Waals surface area contributed by atoms with Crippen LogP contribution in [0, 0.1) is 12.7 Å². The number of aromatic nitrogens is 1. The monoisotopic (exact) mass is 305 g/mol. The van der Waals surface area contributed by atoms with E-state index in [4.69, 9.17) is 0 Å². The summed E-state index contributed by atoms with van der Waals surface area (Å²) < 4.78 is 14.3. The minimum absolute atomic E-state index is 0.167. The molecule has 5 heteroatoms. The van der Waals surface area contributed by atoms with E-state index >= 15 is 0 Å². The van der Waals surface area contributed by atoms with Crippen LogP contribution >= 0.6 is 11.3 Å². The second-order valence-corrected chi connectivity index (χ2v) is 6.68. The van der Waals surface area contributed by atoms with Gasteiger partial charge in [0.15, 0.2) is 0 Å². The van der Waals surface area contributed by atoms with Gasteiger partial charge in [-0.15, -0.1) is 11.3 Å². The second kappa shape index (κ2) is 6.12. The Morgan fingerprint density at radius 1 is 1.43 bits per heavy atom. The lowest BCUT2D eigenvalue weighted by molar-refractivity contribution is 0.613. The van der Waals surface area contributed by atoms with Gasteiger partial charge in [0.2, 0.25) is 0 Å². The fourth-order valence-corrected chi connectivity index (χ4v) is 3.08. The topological polar surface area (TPSA) is 28.2 Å². The average molecular weight is 305 g/mol. The molecule has 1 heterocycles. The number of halogens is 1. The van der Waals surface area contributed by atoms with Crippen LogP contribution in [0.3, 0.4) is 0 Å². The van der Waals surface area contributed by atoms with Crippen LogP contribution in [0.4, 0.5) is 10.1 Å². The van der Waals surface area contributed by atoms with Gasteiger partial charge in [0.25, 0.3) is 0 Å². The van der Waals surface area contributed by atoms with Crippen molar-refractivity contribution in [2.24, 2.45) is 0 Å². The average Bonchev–Trinajstić information content (AvgIpc) is 3.19. The van der Waals surface area contributed by atoms with Gasteiger partial charge in [0.1, 0.15) is 5.82 Å². The summed E-state index contributed by atoms with van der Waals surface area (Å²) in [4.78, 5) is 6.41. The van der Waals surface area contributed by atoms with Crippen molar-refractivity contribution >= 4 is 17.0 Å². The van der Waals surface area contributed by atoms with E-state index in [1.807, 2.05) is 30.3 Å². The van der Waals surface area contributed by atoms with Gasteiger partial charge in [0.05, 0.1) is 22.9 Å². The number of nitrogens with zero attached hydrogens (tertiary/aromatic N) is 2. The van der Waals surface area contributed by atoms with Crippen molar-refractivity contribution in [2.75, 3.05) is 11.9 Å². The molecule has 2 aromatic rings. The number of nitrogens with one attached hydrogen (secondary N) is 1. The molecule has 1 aliphatic carbocycles. The number of aryl methyl sites for hydroxylation is 1. The Morgan fingerprint density at radius 2 is 2.24 bits per heavy atom. The van der Waals surface area contributed by atoms with Crippen molar-refractivity contribution in [3.05, 3.63) is 45.7 Å². The van der Waals surface area contributed by atoms with Gasteiger partial charge in [-0.1, -0.05) is 12.1 Å². The zero-order valence-corrected chi connectivity index (χ0v) is 13.2. The maximum Gasteiger partial charge on any atom is 0.146 e. The molecule has 0 aliphatic heterocycles. The maximum atomic E-state index is 14.3. The molecule has 1 saturated carbocycles. The number of para-hydroxylation sites is 1. The normalized spacial score (nSPS) is 14.4. The first-order valence-corrected chi connectivity index (χ1v) is 8.14. The molecule has 3 rings (SSSR count). The number of hydrogen-bond donors (Lipinski definition) is 1. The number of benzene rings is 1. The van der Waals surface area contributed by atoms with Gasteiger partial charge >= 0.3 is 0 Å². The minimum Gasteiger partial charge on any atom is -0.366 e. The first-order chi connectivity index (χ1) is 10.1. The summed E-state index contributed by atoms with van der Waals surface area (Å²) in [5.41, 5.74) is 2.68. The molecule has 1 N–H and O–H groups in total. The first kappa shape index (κ1) is 14.5. The molecule has 0 saturated heterocycles. The molecule has 3 nitrogen and oxygen atoms in total. The largest absolute Gasteiger partial charge is 0.366 e. The lowest BCUT2D eigenvalue weighted by Gasteiger charge is -2.22. The molecule has 0 spiro atoms. The lowest BCUT2D eigenvalue weighted by atomic mass is 10.1. The molecule has 0 unspecified atom stereocenters. The number of thiazole rings is 1. The minimum atomic E-state index is -0.167. The zero-order valence-electron chi connectivity index (χ0n) is 12.4. The molecule has 0 atom stereocenters. The van der Waals surface area contributed by atoms with Crippen molar-refractivity contribution in [1.29, 1.82) is 0 Å². The smallest absolute Gasteiger partial charge is 0.146 e. The summed E-state index contributed by atoms with van der Waals surface area (Å²) >= 11 is 1.63. The highest BCUT2D eigenvalue weighted by atomic mass is 32.1. The summed E-state index contributed by atoms with van der Waals surface area (Å²) in [6.07, 6.45) is 2.47. The molecular weight excluding hydrogens is 285 g/mol. The van der Waals surface area contributed by atoms with Crippen molar-refractivity contribution in [3.8, 4) is 0 Å². The third-order valence-electron chi connectivity index (χ3n) is 3.68. The van der Waals surface area contributed by atoms with Crippen LogP contribution in [-0.2, 0) is 13.1 Å². The number of rotatable bonds is 6. The Morgan fingerprint density at radius 3 is 2.90 bits per heavy atom. The summed E-state index contributed by atoms with van der Waals surface area (Å²) in [6, 6.07) is 5.92. The Bertz CT molecular complexity index is 622. The summed E-state index contributed by atoms with van der Waals surface area (Å²) in [5, 5.41) is 6.54. The molecule has 1 aliphatic rings. The van der Waals surface area contributed by atoms with E-state index in [0.29, 0.717) is 18.3 Å². The van der Waals surface area contributed by atoms with Crippen molar-refractivity contribution in [1.82, 2.24) is 10.3 Å². The number of hydrogen-bond acceptors (Lipinski definition) is 4. The Balaban J connectivity index is 1.77. The molecule has 0 amide bonds. The van der Waals surface area contributed by atoms with E-state index < -0.39 is 0 Å². The fraction of sp³-hybridized carbons (Fsp3) is 0.438. The van der Waals surface area contributed by atoms with Crippen LogP contribution in [0.5, 0.6) is 0 Å². The van der Waals surface area contributed by atoms with Crippen molar-refractivity contribution in [2.45, 2.75) is 38.9 Å². The molecule has 1 aromatic heterocycles. The highest BCUT2D eigenvalue weighted by molar-refractivity contribution is 7.09. The quantitative estimate of drug-likeness (QED) is 0.885. The summed E-state index contributed by atoms with van der Waals surface area (Å²) in [7, 11) is 1.92. The van der Waals surface area contributed by atoms with Crippen LogP contribution in [-0.4, -0.2) is 18.1 Å². The van der Waals surface area contributed by atoms with E-state index in [-0.39, 0.29) is 5.82 Å². The third-order valence-corrected chi connectivity index (χ3v) is 4.50. The molecule has 1 fully saturated rings. The molecule has 0 radical (unpaired) electrons. The van der Waals surface area contributed by atoms with Gasteiger partial charge in [-0.25, -0.2) is 9.37 Å². The molecule has 1 aromatic carbocycles. The van der Waals surface area contributed by atoms with Gasteiger partial charge in [0, 0.05) is 25.0 Å². The van der Waals surface area contributed by atoms with Crippen LogP contribution in [0.1, 0.15) is 29.1 Å². The molecular formula is C16H20FN3S. The standard InChI is InChI=1S/C16H20FN3S/c1-11-19-14(10-21-11)9-20(2)16-12(4-3-5-15(16)17)8-18-13-6-7-13/h3-5,10,13,18H,6-9H2,1-2H3.